The number of hydrogen-bond donors (Lipinski definition) is 2. The third-order valence-corrected chi connectivity index (χ3v) is 5.68. The van der Waals surface area contributed by atoms with Crippen LogP contribution in [0.5, 0.6) is 11.5 Å². The van der Waals surface area contributed by atoms with Gasteiger partial charge in [-0.3, -0.25) is 5.41 Å². The van der Waals surface area contributed by atoms with Gasteiger partial charge >= 0.3 is 0 Å². The Morgan fingerprint density at radius 2 is 2.00 bits per heavy atom. The Labute approximate surface area is 130 Å². The van der Waals surface area contributed by atoms with Gasteiger partial charge in [-0.2, -0.15) is 4.31 Å². The number of sulfonamides is 1. The minimum absolute atomic E-state index is 0.0345. The Morgan fingerprint density at radius 3 is 2.59 bits per heavy atom. The average molecular weight is 327 g/mol. The Morgan fingerprint density at radius 1 is 1.32 bits per heavy atom. The van der Waals surface area contributed by atoms with Crippen molar-refractivity contribution in [2.45, 2.75) is 17.7 Å². The van der Waals surface area contributed by atoms with Crippen LogP contribution in [0, 0.1) is 11.3 Å². The van der Waals surface area contributed by atoms with Gasteiger partial charge in [0.15, 0.2) is 11.5 Å². The summed E-state index contributed by atoms with van der Waals surface area (Å²) in [5.74, 6) is 0.654. The van der Waals surface area contributed by atoms with Crippen LogP contribution in [-0.2, 0) is 10.0 Å². The van der Waals surface area contributed by atoms with E-state index in [4.69, 9.17) is 20.6 Å². The predicted octanol–water partition coefficient (Wildman–Crippen LogP) is 1.04. The minimum Gasteiger partial charge on any atom is -0.493 e. The first kappa shape index (κ1) is 16.6. The van der Waals surface area contributed by atoms with E-state index in [1.807, 2.05) is 0 Å². The molecule has 0 amide bonds. The molecule has 0 saturated carbocycles. The van der Waals surface area contributed by atoms with Crippen LogP contribution in [0.2, 0.25) is 0 Å². The molecule has 1 aromatic carbocycles. The van der Waals surface area contributed by atoms with E-state index in [-0.39, 0.29) is 23.2 Å². The van der Waals surface area contributed by atoms with Crippen LogP contribution >= 0.6 is 0 Å². The molecule has 0 spiro atoms. The lowest BCUT2D eigenvalue weighted by Gasteiger charge is -2.31. The minimum atomic E-state index is -3.64. The van der Waals surface area contributed by atoms with E-state index in [9.17, 15) is 8.42 Å². The number of ether oxygens (including phenoxy) is 2. The molecule has 2 rings (SSSR count). The number of nitrogens with two attached hydrogens (primary N) is 1. The van der Waals surface area contributed by atoms with Gasteiger partial charge in [-0.15, -0.1) is 0 Å². The summed E-state index contributed by atoms with van der Waals surface area (Å²) in [6, 6.07) is 4.51. The van der Waals surface area contributed by atoms with E-state index in [0.717, 1.165) is 6.42 Å². The lowest BCUT2D eigenvalue weighted by atomic mass is 9.99. The van der Waals surface area contributed by atoms with Crippen LogP contribution in [0.25, 0.3) is 0 Å². The fourth-order valence-corrected chi connectivity index (χ4v) is 4.08. The number of hydrogen-bond acceptors (Lipinski definition) is 5. The molecule has 1 atom stereocenters. The third-order valence-electron chi connectivity index (χ3n) is 3.82. The number of nitrogens with zero attached hydrogens (tertiary/aromatic N) is 1. The van der Waals surface area contributed by atoms with Gasteiger partial charge in [0.2, 0.25) is 10.0 Å². The van der Waals surface area contributed by atoms with Gasteiger partial charge in [0, 0.05) is 25.1 Å². The van der Waals surface area contributed by atoms with Crippen molar-refractivity contribution in [1.82, 2.24) is 4.31 Å². The molecule has 1 aliphatic rings. The molecule has 0 aromatic heterocycles. The number of methoxy groups -OCH3 is 2. The van der Waals surface area contributed by atoms with Crippen molar-refractivity contribution in [2.75, 3.05) is 27.3 Å². The second kappa shape index (κ2) is 6.53. The monoisotopic (exact) mass is 327 g/mol. The molecule has 1 heterocycles. The maximum Gasteiger partial charge on any atom is 0.243 e. The number of amidine groups is 1. The van der Waals surface area contributed by atoms with Crippen molar-refractivity contribution in [1.29, 1.82) is 5.41 Å². The van der Waals surface area contributed by atoms with Gasteiger partial charge in [0.1, 0.15) is 0 Å². The van der Waals surface area contributed by atoms with Gasteiger partial charge in [-0.05, 0) is 25.0 Å². The van der Waals surface area contributed by atoms with Crippen LogP contribution in [-0.4, -0.2) is 45.9 Å². The smallest absolute Gasteiger partial charge is 0.243 e. The van der Waals surface area contributed by atoms with E-state index < -0.39 is 10.0 Å². The molecule has 0 bridgehead atoms. The topological polar surface area (TPSA) is 106 Å². The Hall–Kier alpha value is -1.80. The molecular weight excluding hydrogens is 306 g/mol. The van der Waals surface area contributed by atoms with Gasteiger partial charge in [-0.1, -0.05) is 0 Å². The normalized spacial score (nSPS) is 19.6. The Kier molecular flexibility index (Phi) is 4.92. The molecule has 3 N–H and O–H groups in total. The molecule has 1 aliphatic heterocycles. The van der Waals surface area contributed by atoms with Crippen molar-refractivity contribution in [2.24, 2.45) is 11.7 Å². The van der Waals surface area contributed by atoms with Crippen LogP contribution in [0.3, 0.4) is 0 Å². The molecule has 7 nitrogen and oxygen atoms in total. The highest BCUT2D eigenvalue weighted by Gasteiger charge is 2.31. The highest BCUT2D eigenvalue weighted by Crippen LogP contribution is 2.31. The number of rotatable bonds is 5. The molecule has 8 heteroatoms. The van der Waals surface area contributed by atoms with Crippen molar-refractivity contribution in [3.05, 3.63) is 18.2 Å². The highest BCUT2D eigenvalue weighted by atomic mass is 32.2. The number of benzene rings is 1. The number of piperidine rings is 1. The third kappa shape index (κ3) is 3.17. The van der Waals surface area contributed by atoms with Crippen LogP contribution < -0.4 is 15.2 Å². The molecule has 22 heavy (non-hydrogen) atoms. The summed E-state index contributed by atoms with van der Waals surface area (Å²) in [6.07, 6.45) is 1.43. The quantitative estimate of drug-likeness (QED) is 0.621. The fraction of sp³-hybridized carbons (Fsp3) is 0.500. The molecule has 1 saturated heterocycles. The van der Waals surface area contributed by atoms with Crippen molar-refractivity contribution < 1.29 is 17.9 Å². The standard InChI is InChI=1S/C14H21N3O4S/c1-20-12-6-5-11(8-13(12)21-2)22(18,19)17-7-3-4-10(9-17)14(15)16/h5-6,8,10H,3-4,7,9H2,1-2H3,(H3,15,16)/t10-/m1/s1. The first-order valence-electron chi connectivity index (χ1n) is 6.96. The predicted molar refractivity (Wildman–Crippen MR) is 82.9 cm³/mol. The zero-order valence-corrected chi connectivity index (χ0v) is 13.5. The van der Waals surface area contributed by atoms with E-state index in [1.54, 1.807) is 6.07 Å². The van der Waals surface area contributed by atoms with E-state index >= 15 is 0 Å². The largest absolute Gasteiger partial charge is 0.493 e. The van der Waals surface area contributed by atoms with E-state index in [1.165, 1.54) is 30.7 Å². The Bertz CT molecular complexity index is 660. The summed E-state index contributed by atoms with van der Waals surface area (Å²) < 4.78 is 37.1. The zero-order valence-electron chi connectivity index (χ0n) is 12.7. The summed E-state index contributed by atoms with van der Waals surface area (Å²) in [6.45, 7) is 0.673. The molecule has 0 radical (unpaired) electrons. The second-order valence-electron chi connectivity index (χ2n) is 5.17. The summed E-state index contributed by atoms with van der Waals surface area (Å²) in [4.78, 5) is 0.148. The fourth-order valence-electron chi connectivity index (χ4n) is 2.54. The number of nitrogens with one attached hydrogen (secondary N) is 1. The van der Waals surface area contributed by atoms with Crippen molar-refractivity contribution in [3.63, 3.8) is 0 Å². The van der Waals surface area contributed by atoms with Crippen molar-refractivity contribution >= 4 is 15.9 Å². The lowest BCUT2D eigenvalue weighted by molar-refractivity contribution is 0.310. The average Bonchev–Trinajstić information content (AvgIpc) is 2.54. The zero-order chi connectivity index (χ0) is 16.3. The first-order chi connectivity index (χ1) is 10.4. The van der Waals surface area contributed by atoms with E-state index in [2.05, 4.69) is 0 Å². The van der Waals surface area contributed by atoms with Gasteiger partial charge in [0.25, 0.3) is 0 Å². The van der Waals surface area contributed by atoms with E-state index in [0.29, 0.717) is 24.5 Å². The SMILES string of the molecule is COc1ccc(S(=O)(=O)N2CCC[C@@H](C(=N)N)C2)cc1OC. The highest BCUT2D eigenvalue weighted by molar-refractivity contribution is 7.89. The molecular formula is C14H21N3O4S. The first-order valence-corrected chi connectivity index (χ1v) is 8.40. The van der Waals surface area contributed by atoms with Crippen LogP contribution in [0.4, 0.5) is 0 Å². The van der Waals surface area contributed by atoms with Crippen molar-refractivity contribution in [3.8, 4) is 11.5 Å². The van der Waals surface area contributed by atoms with Gasteiger partial charge in [0.05, 0.1) is 25.0 Å². The van der Waals surface area contributed by atoms with Crippen LogP contribution in [0.15, 0.2) is 23.1 Å². The summed E-state index contributed by atoms with van der Waals surface area (Å²) in [5.41, 5.74) is 5.52. The molecule has 1 fully saturated rings. The Balaban J connectivity index is 2.32. The maximum atomic E-state index is 12.7. The summed E-state index contributed by atoms with van der Waals surface area (Å²) in [5, 5.41) is 7.52. The molecule has 1 aromatic rings. The lowest BCUT2D eigenvalue weighted by Crippen LogP contribution is -2.43. The van der Waals surface area contributed by atoms with Gasteiger partial charge < -0.3 is 15.2 Å². The summed E-state index contributed by atoms with van der Waals surface area (Å²) >= 11 is 0. The molecule has 0 unspecified atom stereocenters. The maximum absolute atomic E-state index is 12.7. The summed E-state index contributed by atoms with van der Waals surface area (Å²) in [7, 11) is -0.687. The van der Waals surface area contributed by atoms with Gasteiger partial charge in [-0.25, -0.2) is 8.42 Å². The second-order valence-corrected chi connectivity index (χ2v) is 7.11. The molecule has 0 aliphatic carbocycles. The molecule has 122 valence electrons. The van der Waals surface area contributed by atoms with Crippen LogP contribution in [0.1, 0.15) is 12.8 Å².